The standard InChI is InChI=1S/C39H49N5O8S2/c1-38(2,3)52-32(45)18-24-10-7-5-4-6-8-11-27-19-39(27,37(49)42-54(50,51)28-14-15-28)41-34(46)33-29-22-43(20-26(29)21-44(33)35(24)47)36(48)31-13-9-12-30(40-31)25-16-17-53-23-25/h8-9,11-13,16-17,23-24,26-29,33H,4-7,10,14-15,18-22H2,1-3H3,(H,41,46)(H,42,49)/b11-8-/t24-,26+,27-,29+,33+,39-/m1/s1. The fourth-order valence-electron chi connectivity index (χ4n) is 8.24. The number of nitrogens with zero attached hydrogens (tertiary/aromatic N) is 3. The molecule has 3 aliphatic heterocycles. The second-order valence-corrected chi connectivity index (χ2v) is 19.2. The summed E-state index contributed by atoms with van der Waals surface area (Å²) in [6, 6.07) is 6.17. The third kappa shape index (κ3) is 8.12. The van der Waals surface area contributed by atoms with Crippen molar-refractivity contribution in [3.05, 3.63) is 52.9 Å². The van der Waals surface area contributed by atoms with E-state index in [1.165, 1.54) is 16.2 Å². The van der Waals surface area contributed by atoms with Gasteiger partial charge in [0.25, 0.3) is 11.8 Å². The molecule has 54 heavy (non-hydrogen) atoms. The molecule has 2 saturated heterocycles. The topological polar surface area (TPSA) is 172 Å². The maximum absolute atomic E-state index is 14.7. The van der Waals surface area contributed by atoms with E-state index in [0.717, 1.165) is 18.4 Å². The number of aromatic nitrogens is 1. The maximum Gasteiger partial charge on any atom is 0.307 e. The highest BCUT2D eigenvalue weighted by atomic mass is 32.2. The molecule has 0 aromatic carbocycles. The van der Waals surface area contributed by atoms with Crippen LogP contribution < -0.4 is 10.0 Å². The Morgan fingerprint density at radius 1 is 1.06 bits per heavy atom. The second-order valence-electron chi connectivity index (χ2n) is 16.5. The van der Waals surface area contributed by atoms with Gasteiger partial charge in [-0.25, -0.2) is 13.4 Å². The smallest absolute Gasteiger partial charge is 0.307 e. The van der Waals surface area contributed by atoms with Crippen molar-refractivity contribution >= 4 is 51.0 Å². The predicted octanol–water partition coefficient (Wildman–Crippen LogP) is 4.06. The molecule has 0 spiro atoms. The van der Waals surface area contributed by atoms with E-state index < -0.39 is 68.0 Å². The number of likely N-dealkylation sites (tertiary alicyclic amines) is 1. The molecule has 0 radical (unpaired) electrons. The molecule has 2 aliphatic carbocycles. The van der Waals surface area contributed by atoms with Crippen LogP contribution in [0.15, 0.2) is 47.2 Å². The van der Waals surface area contributed by atoms with Gasteiger partial charge in [0, 0.05) is 54.2 Å². The van der Waals surface area contributed by atoms with Gasteiger partial charge < -0.3 is 19.9 Å². The average molecular weight is 780 g/mol. The van der Waals surface area contributed by atoms with E-state index in [2.05, 4.69) is 15.0 Å². The molecular weight excluding hydrogens is 731 g/mol. The van der Waals surface area contributed by atoms with Crippen LogP contribution in [-0.2, 0) is 33.9 Å². The van der Waals surface area contributed by atoms with Crippen molar-refractivity contribution < 1.29 is 37.1 Å². The first-order valence-electron chi connectivity index (χ1n) is 19.0. The van der Waals surface area contributed by atoms with Crippen molar-refractivity contribution in [1.29, 1.82) is 0 Å². The Hall–Kier alpha value is -4.11. The molecular formula is C39H49N5O8S2. The number of hydrogen-bond acceptors (Lipinski definition) is 10. The number of pyridine rings is 1. The fraction of sp³-hybridized carbons (Fsp3) is 0.590. The molecule has 4 amide bonds. The number of carbonyl (C=O) groups excluding carboxylic acids is 5. The Kier molecular flexibility index (Phi) is 10.5. The summed E-state index contributed by atoms with van der Waals surface area (Å²) in [7, 11) is -3.90. The summed E-state index contributed by atoms with van der Waals surface area (Å²) in [6.45, 7) is 5.95. The van der Waals surface area contributed by atoms with Gasteiger partial charge in [-0.2, -0.15) is 11.3 Å². The zero-order valence-corrected chi connectivity index (χ0v) is 32.6. The van der Waals surface area contributed by atoms with Crippen LogP contribution in [0.2, 0.25) is 0 Å². The molecule has 13 nitrogen and oxygen atoms in total. The zero-order valence-electron chi connectivity index (χ0n) is 31.0. The molecule has 5 aliphatic rings. The van der Waals surface area contributed by atoms with Crippen molar-refractivity contribution in [3.8, 4) is 11.3 Å². The molecule has 2 saturated carbocycles. The first-order valence-corrected chi connectivity index (χ1v) is 21.5. The minimum absolute atomic E-state index is 0.139. The molecule has 7 rings (SSSR count). The molecule has 15 heteroatoms. The number of fused-ring (bicyclic) bond motifs is 4. The highest BCUT2D eigenvalue weighted by molar-refractivity contribution is 7.91. The Labute approximate surface area is 320 Å². The number of hydrogen-bond donors (Lipinski definition) is 2. The highest BCUT2D eigenvalue weighted by Gasteiger charge is 2.63. The van der Waals surface area contributed by atoms with E-state index in [-0.39, 0.29) is 55.9 Å². The van der Waals surface area contributed by atoms with Crippen molar-refractivity contribution in [2.24, 2.45) is 23.7 Å². The van der Waals surface area contributed by atoms with E-state index >= 15 is 0 Å². The lowest BCUT2D eigenvalue weighted by Crippen LogP contribution is -2.58. The minimum atomic E-state index is -3.90. The van der Waals surface area contributed by atoms with Crippen molar-refractivity contribution in [1.82, 2.24) is 24.8 Å². The second kappa shape index (κ2) is 14.9. The van der Waals surface area contributed by atoms with Gasteiger partial charge in [0.15, 0.2) is 0 Å². The van der Waals surface area contributed by atoms with E-state index in [4.69, 9.17) is 4.74 Å². The van der Waals surface area contributed by atoms with E-state index in [1.807, 2.05) is 35.0 Å². The van der Waals surface area contributed by atoms with Gasteiger partial charge >= 0.3 is 5.97 Å². The number of carbonyl (C=O) groups is 5. The number of thiophene rings is 1. The molecule has 2 aromatic heterocycles. The number of ether oxygens (including phenoxy) is 1. The van der Waals surface area contributed by atoms with E-state index in [9.17, 15) is 32.4 Å². The lowest BCUT2D eigenvalue weighted by molar-refractivity contribution is -0.159. The van der Waals surface area contributed by atoms with Gasteiger partial charge in [-0.1, -0.05) is 31.1 Å². The Balaban J connectivity index is 1.18. The molecule has 290 valence electrons. The summed E-state index contributed by atoms with van der Waals surface area (Å²) >= 11 is 1.53. The average Bonchev–Trinajstić information content (AvgIpc) is 3.91. The van der Waals surface area contributed by atoms with Crippen LogP contribution in [-0.4, -0.2) is 94.9 Å². The molecule has 4 fully saturated rings. The SMILES string of the molecule is CC(C)(C)OC(=O)C[C@H]1CCCCC/C=C\[C@@H]2C[C@@]2(C(=O)NS(=O)(=O)C2CC2)NC(=O)[C@@H]2[C@H]3CN(C(=O)c4cccc(-c5ccsc5)n4)C[C@H]3CN2C1=O. The molecule has 5 heterocycles. The lowest BCUT2D eigenvalue weighted by Gasteiger charge is -2.33. The number of sulfonamides is 1. The zero-order chi connectivity index (χ0) is 38.4. The largest absolute Gasteiger partial charge is 0.460 e. The van der Waals surface area contributed by atoms with E-state index in [0.29, 0.717) is 37.8 Å². The minimum Gasteiger partial charge on any atom is -0.460 e. The van der Waals surface area contributed by atoms with Crippen molar-refractivity contribution in [2.45, 2.75) is 101 Å². The van der Waals surface area contributed by atoms with Gasteiger partial charge in [0.1, 0.15) is 22.9 Å². The van der Waals surface area contributed by atoms with Gasteiger partial charge in [0.2, 0.25) is 21.8 Å². The van der Waals surface area contributed by atoms with Crippen LogP contribution in [0.5, 0.6) is 0 Å². The van der Waals surface area contributed by atoms with Gasteiger partial charge in [-0.3, -0.25) is 28.7 Å². The number of nitrogens with one attached hydrogen (secondary N) is 2. The van der Waals surface area contributed by atoms with Crippen molar-refractivity contribution in [3.63, 3.8) is 0 Å². The Morgan fingerprint density at radius 2 is 1.85 bits per heavy atom. The lowest BCUT2D eigenvalue weighted by atomic mass is 9.92. The summed E-state index contributed by atoms with van der Waals surface area (Å²) in [6.07, 6.45) is 8.33. The first-order chi connectivity index (χ1) is 25.6. The van der Waals surface area contributed by atoms with Crippen molar-refractivity contribution in [2.75, 3.05) is 19.6 Å². The summed E-state index contributed by atoms with van der Waals surface area (Å²) in [5.41, 5.74) is -0.382. The number of esters is 1. The first kappa shape index (κ1) is 38.2. The summed E-state index contributed by atoms with van der Waals surface area (Å²) < 4.78 is 33.6. The third-order valence-electron chi connectivity index (χ3n) is 11.2. The third-order valence-corrected chi connectivity index (χ3v) is 13.7. The number of amides is 4. The predicted molar refractivity (Wildman–Crippen MR) is 201 cm³/mol. The van der Waals surface area contributed by atoms with Gasteiger partial charge in [-0.15, -0.1) is 0 Å². The van der Waals surface area contributed by atoms with Crippen LogP contribution in [0.25, 0.3) is 11.3 Å². The van der Waals surface area contributed by atoms with E-state index in [1.54, 1.807) is 37.8 Å². The summed E-state index contributed by atoms with van der Waals surface area (Å²) in [5, 5.41) is 6.21. The number of rotatable bonds is 7. The summed E-state index contributed by atoms with van der Waals surface area (Å²) in [4.78, 5) is 77.9. The molecule has 0 bridgehead atoms. The molecule has 6 atom stereocenters. The normalized spacial score (nSPS) is 29.5. The van der Waals surface area contributed by atoms with Crippen LogP contribution >= 0.6 is 11.3 Å². The summed E-state index contributed by atoms with van der Waals surface area (Å²) in [5.74, 6) is -4.37. The van der Waals surface area contributed by atoms with Crippen LogP contribution in [0.4, 0.5) is 0 Å². The van der Waals surface area contributed by atoms with Crippen LogP contribution in [0, 0.1) is 23.7 Å². The quantitative estimate of drug-likeness (QED) is 0.311. The number of allylic oxidation sites excluding steroid dienone is 1. The van der Waals surface area contributed by atoms with Crippen LogP contribution in [0.1, 0.15) is 89.0 Å². The van der Waals surface area contributed by atoms with Gasteiger partial charge in [0.05, 0.1) is 17.4 Å². The highest BCUT2D eigenvalue weighted by Crippen LogP contribution is 2.47. The van der Waals surface area contributed by atoms with Gasteiger partial charge in [-0.05, 0) is 82.9 Å². The monoisotopic (exact) mass is 779 g/mol. The Bertz CT molecular complexity index is 1940. The molecule has 2 aromatic rings. The maximum atomic E-state index is 14.7. The molecule has 2 N–H and O–H groups in total. The Morgan fingerprint density at radius 3 is 2.57 bits per heavy atom. The fourth-order valence-corrected chi connectivity index (χ4v) is 10.3. The van der Waals surface area contributed by atoms with Crippen LogP contribution in [0.3, 0.4) is 0 Å². The molecule has 0 unspecified atom stereocenters.